The third kappa shape index (κ3) is 4.01. The highest BCUT2D eigenvalue weighted by Gasteiger charge is 2.11. The van der Waals surface area contributed by atoms with Crippen LogP contribution in [0.4, 0.5) is 0 Å². The van der Waals surface area contributed by atoms with E-state index in [-0.39, 0.29) is 23.5 Å². The van der Waals surface area contributed by atoms with Crippen molar-refractivity contribution in [3.8, 4) is 29.3 Å². The first-order valence-corrected chi connectivity index (χ1v) is 8.47. The number of rotatable bonds is 5. The van der Waals surface area contributed by atoms with Gasteiger partial charge in [0.15, 0.2) is 0 Å². The van der Waals surface area contributed by atoms with Gasteiger partial charge in [-0.25, -0.2) is 0 Å². The second kappa shape index (κ2) is 7.67. The van der Waals surface area contributed by atoms with Crippen LogP contribution in [0.2, 0.25) is 0 Å². The van der Waals surface area contributed by atoms with E-state index < -0.39 is 0 Å². The molecule has 0 amide bonds. The summed E-state index contributed by atoms with van der Waals surface area (Å²) >= 11 is 0. The Kier molecular flexibility index (Phi) is 4.75. The highest BCUT2D eigenvalue weighted by molar-refractivity contribution is 5.31. The van der Waals surface area contributed by atoms with Crippen LogP contribution in [0.1, 0.15) is 5.82 Å². The van der Waals surface area contributed by atoms with Crippen molar-refractivity contribution in [3.05, 3.63) is 89.0 Å². The number of nitrogens with zero attached hydrogens (tertiary/aromatic N) is 5. The SMILES string of the molecule is Cc1nc(Oc2ccccc2)nc(Oc2ccc(=O)n(-c3ccccc3)n2)n1. The molecule has 0 saturated heterocycles. The molecule has 8 heteroatoms. The molecule has 0 radical (unpaired) electrons. The van der Waals surface area contributed by atoms with E-state index in [1.165, 1.54) is 16.8 Å². The van der Waals surface area contributed by atoms with Gasteiger partial charge in [-0.05, 0) is 31.2 Å². The van der Waals surface area contributed by atoms with E-state index in [1.807, 2.05) is 36.4 Å². The largest absolute Gasteiger partial charge is 0.424 e. The molecule has 0 aliphatic carbocycles. The zero-order valence-corrected chi connectivity index (χ0v) is 14.9. The molecule has 8 nitrogen and oxygen atoms in total. The second-order valence-corrected chi connectivity index (χ2v) is 5.72. The lowest BCUT2D eigenvalue weighted by molar-refractivity contribution is 0.380. The Morgan fingerprint density at radius 3 is 2.11 bits per heavy atom. The maximum Gasteiger partial charge on any atom is 0.329 e. The fourth-order valence-corrected chi connectivity index (χ4v) is 2.42. The summed E-state index contributed by atoms with van der Waals surface area (Å²) < 4.78 is 12.5. The lowest BCUT2D eigenvalue weighted by Crippen LogP contribution is -2.20. The highest BCUT2D eigenvalue weighted by Crippen LogP contribution is 2.21. The average molecular weight is 373 g/mol. The molecule has 2 heterocycles. The predicted octanol–water partition coefficient (Wildman–Crippen LogP) is 3.31. The highest BCUT2D eigenvalue weighted by atomic mass is 16.5. The molecule has 2 aromatic carbocycles. The van der Waals surface area contributed by atoms with Crippen LogP contribution in [0, 0.1) is 6.92 Å². The van der Waals surface area contributed by atoms with Crippen molar-refractivity contribution in [2.24, 2.45) is 0 Å². The van der Waals surface area contributed by atoms with Gasteiger partial charge in [0.2, 0.25) is 5.88 Å². The van der Waals surface area contributed by atoms with Gasteiger partial charge in [-0.15, -0.1) is 10.1 Å². The lowest BCUT2D eigenvalue weighted by Gasteiger charge is -2.08. The van der Waals surface area contributed by atoms with Gasteiger partial charge in [-0.1, -0.05) is 36.4 Å². The topological polar surface area (TPSA) is 92.0 Å². The Morgan fingerprint density at radius 2 is 1.39 bits per heavy atom. The molecular formula is C20H15N5O3. The summed E-state index contributed by atoms with van der Waals surface area (Å²) in [4.78, 5) is 24.6. The summed E-state index contributed by atoms with van der Waals surface area (Å²) in [6, 6.07) is 21.1. The molecule has 0 N–H and O–H groups in total. The minimum atomic E-state index is -0.279. The Bertz CT molecular complexity index is 1150. The molecule has 0 spiro atoms. The minimum absolute atomic E-state index is 0.0178. The van der Waals surface area contributed by atoms with Gasteiger partial charge in [0, 0.05) is 12.1 Å². The van der Waals surface area contributed by atoms with E-state index in [4.69, 9.17) is 9.47 Å². The Hall–Kier alpha value is -4.07. The number of aryl methyl sites for hydroxylation is 1. The van der Waals surface area contributed by atoms with Crippen molar-refractivity contribution in [2.45, 2.75) is 6.92 Å². The van der Waals surface area contributed by atoms with E-state index in [2.05, 4.69) is 20.1 Å². The van der Waals surface area contributed by atoms with Crippen LogP contribution in [0.3, 0.4) is 0 Å². The molecule has 0 fully saturated rings. The zero-order chi connectivity index (χ0) is 19.3. The fraction of sp³-hybridized carbons (Fsp3) is 0.0500. The third-order valence-corrected chi connectivity index (χ3v) is 3.63. The number of hydrogen-bond acceptors (Lipinski definition) is 7. The molecule has 28 heavy (non-hydrogen) atoms. The van der Waals surface area contributed by atoms with Gasteiger partial charge in [-0.2, -0.15) is 14.6 Å². The standard InChI is InChI=1S/C20H15N5O3/c1-14-21-19(27-16-10-6-3-7-11-16)23-20(22-14)28-17-12-13-18(26)25(24-17)15-8-4-2-5-9-15/h2-13H,1H3. The molecule has 0 aliphatic rings. The summed E-state index contributed by atoms with van der Waals surface area (Å²) in [7, 11) is 0. The van der Waals surface area contributed by atoms with Crippen LogP contribution in [0.15, 0.2) is 77.6 Å². The number of hydrogen-bond donors (Lipinski definition) is 0. The Morgan fingerprint density at radius 1 is 0.750 bits per heavy atom. The van der Waals surface area contributed by atoms with Crippen LogP contribution < -0.4 is 15.0 Å². The quantitative estimate of drug-likeness (QED) is 0.530. The molecule has 138 valence electrons. The second-order valence-electron chi connectivity index (χ2n) is 5.72. The average Bonchev–Trinajstić information content (AvgIpc) is 2.70. The number of benzene rings is 2. The minimum Gasteiger partial charge on any atom is -0.424 e. The van der Waals surface area contributed by atoms with E-state index in [0.29, 0.717) is 17.3 Å². The van der Waals surface area contributed by atoms with Gasteiger partial charge in [0.25, 0.3) is 5.56 Å². The zero-order valence-electron chi connectivity index (χ0n) is 14.9. The molecule has 0 aliphatic heterocycles. The molecule has 4 aromatic rings. The van der Waals surface area contributed by atoms with Gasteiger partial charge in [0.05, 0.1) is 5.69 Å². The molecule has 4 rings (SSSR count). The molecular weight excluding hydrogens is 358 g/mol. The van der Waals surface area contributed by atoms with Crippen molar-refractivity contribution in [1.82, 2.24) is 24.7 Å². The molecule has 0 unspecified atom stereocenters. The van der Waals surface area contributed by atoms with Crippen molar-refractivity contribution in [2.75, 3.05) is 0 Å². The monoisotopic (exact) mass is 373 g/mol. The first kappa shape index (κ1) is 17.3. The maximum atomic E-state index is 12.1. The van der Waals surface area contributed by atoms with Crippen LogP contribution in [0.5, 0.6) is 23.7 Å². The van der Waals surface area contributed by atoms with Crippen LogP contribution in [-0.4, -0.2) is 24.7 Å². The van der Waals surface area contributed by atoms with E-state index in [0.717, 1.165) is 0 Å². The number of ether oxygens (including phenoxy) is 2. The van der Waals surface area contributed by atoms with E-state index >= 15 is 0 Å². The lowest BCUT2D eigenvalue weighted by atomic mass is 10.3. The molecule has 0 bridgehead atoms. The summed E-state index contributed by atoms with van der Waals surface area (Å²) in [6.45, 7) is 1.70. The summed E-state index contributed by atoms with van der Waals surface area (Å²) in [5, 5.41) is 4.22. The van der Waals surface area contributed by atoms with Crippen LogP contribution in [-0.2, 0) is 0 Å². The summed E-state index contributed by atoms with van der Waals surface area (Å²) in [6.07, 6.45) is 0. The smallest absolute Gasteiger partial charge is 0.329 e. The summed E-state index contributed by atoms with van der Waals surface area (Å²) in [5.74, 6) is 1.18. The van der Waals surface area contributed by atoms with Crippen molar-refractivity contribution in [3.63, 3.8) is 0 Å². The maximum absolute atomic E-state index is 12.1. The molecule has 0 atom stereocenters. The van der Waals surface area contributed by atoms with Gasteiger partial charge in [-0.3, -0.25) is 4.79 Å². The van der Waals surface area contributed by atoms with E-state index in [9.17, 15) is 4.79 Å². The van der Waals surface area contributed by atoms with Gasteiger partial charge in [0.1, 0.15) is 11.6 Å². The molecule has 0 saturated carbocycles. The van der Waals surface area contributed by atoms with Gasteiger partial charge >= 0.3 is 12.0 Å². The predicted molar refractivity (Wildman–Crippen MR) is 101 cm³/mol. The third-order valence-electron chi connectivity index (χ3n) is 3.63. The Balaban J connectivity index is 1.62. The first-order valence-electron chi connectivity index (χ1n) is 8.47. The summed E-state index contributed by atoms with van der Waals surface area (Å²) in [5.41, 5.74) is 0.344. The van der Waals surface area contributed by atoms with Crippen molar-refractivity contribution in [1.29, 1.82) is 0 Å². The van der Waals surface area contributed by atoms with Crippen LogP contribution in [0.25, 0.3) is 5.69 Å². The normalized spacial score (nSPS) is 10.5. The Labute approximate surface area is 160 Å². The first-order chi connectivity index (χ1) is 13.7. The van der Waals surface area contributed by atoms with E-state index in [1.54, 1.807) is 31.2 Å². The van der Waals surface area contributed by atoms with Crippen molar-refractivity contribution < 1.29 is 9.47 Å². The number of aromatic nitrogens is 5. The van der Waals surface area contributed by atoms with Crippen LogP contribution >= 0.6 is 0 Å². The fourth-order valence-electron chi connectivity index (χ4n) is 2.42. The molecule has 2 aromatic heterocycles. The van der Waals surface area contributed by atoms with Crippen molar-refractivity contribution >= 4 is 0 Å². The number of para-hydroxylation sites is 2. The van der Waals surface area contributed by atoms with Gasteiger partial charge < -0.3 is 9.47 Å².